The van der Waals surface area contributed by atoms with Crippen LogP contribution >= 0.6 is 22.6 Å². The van der Waals surface area contributed by atoms with Gasteiger partial charge in [0.1, 0.15) is 0 Å². The average Bonchev–Trinajstić information content (AvgIpc) is 2.75. The SMILES string of the molecule is Cn1nncc1-c1cc(I)c2c(c1)CCNC2. The van der Waals surface area contributed by atoms with Gasteiger partial charge >= 0.3 is 0 Å². The molecule has 0 aliphatic carbocycles. The maximum atomic E-state index is 3.99. The Morgan fingerprint density at radius 1 is 1.41 bits per heavy atom. The molecule has 0 fully saturated rings. The maximum Gasteiger partial charge on any atom is 0.0882 e. The minimum absolute atomic E-state index is 0.984. The molecule has 17 heavy (non-hydrogen) atoms. The first-order chi connectivity index (χ1) is 8.25. The van der Waals surface area contributed by atoms with E-state index in [1.165, 1.54) is 20.3 Å². The second-order valence-corrected chi connectivity index (χ2v) is 5.43. The zero-order valence-electron chi connectivity index (χ0n) is 9.57. The average molecular weight is 340 g/mol. The molecule has 3 rings (SSSR count). The van der Waals surface area contributed by atoms with E-state index in [-0.39, 0.29) is 0 Å². The second-order valence-electron chi connectivity index (χ2n) is 4.27. The molecule has 4 nitrogen and oxygen atoms in total. The first-order valence-electron chi connectivity index (χ1n) is 5.63. The molecule has 1 N–H and O–H groups in total. The Morgan fingerprint density at radius 2 is 2.29 bits per heavy atom. The number of rotatable bonds is 1. The quantitative estimate of drug-likeness (QED) is 0.804. The molecule has 0 unspecified atom stereocenters. The van der Waals surface area contributed by atoms with Gasteiger partial charge < -0.3 is 5.32 Å². The van der Waals surface area contributed by atoms with Crippen molar-refractivity contribution in [3.05, 3.63) is 33.0 Å². The standard InChI is InChI=1S/C12H13IN4/c1-17-12(7-15-16-17)9-4-8-2-3-14-6-10(8)11(13)5-9/h4-5,7,14H,2-3,6H2,1H3. The van der Waals surface area contributed by atoms with E-state index in [0.717, 1.165) is 25.2 Å². The normalized spacial score (nSPS) is 14.7. The summed E-state index contributed by atoms with van der Waals surface area (Å²) in [4.78, 5) is 0. The minimum Gasteiger partial charge on any atom is -0.312 e. The van der Waals surface area contributed by atoms with Gasteiger partial charge in [0.15, 0.2) is 0 Å². The molecule has 0 radical (unpaired) electrons. The molecule has 0 amide bonds. The number of nitrogens with one attached hydrogen (secondary N) is 1. The molecule has 0 saturated heterocycles. The molecule has 2 heterocycles. The lowest BCUT2D eigenvalue weighted by Crippen LogP contribution is -2.24. The maximum absolute atomic E-state index is 3.99. The zero-order valence-corrected chi connectivity index (χ0v) is 11.7. The largest absolute Gasteiger partial charge is 0.312 e. The van der Waals surface area contributed by atoms with E-state index >= 15 is 0 Å². The van der Waals surface area contributed by atoms with Crippen LogP contribution in [0.1, 0.15) is 11.1 Å². The van der Waals surface area contributed by atoms with Crippen molar-refractivity contribution < 1.29 is 0 Å². The van der Waals surface area contributed by atoms with Crippen LogP contribution in [0.2, 0.25) is 0 Å². The summed E-state index contributed by atoms with van der Waals surface area (Å²) in [5, 5.41) is 11.3. The fourth-order valence-electron chi connectivity index (χ4n) is 2.25. The molecule has 88 valence electrons. The number of aromatic nitrogens is 3. The summed E-state index contributed by atoms with van der Waals surface area (Å²) >= 11 is 2.42. The van der Waals surface area contributed by atoms with Gasteiger partial charge in [-0.1, -0.05) is 5.21 Å². The van der Waals surface area contributed by atoms with Crippen molar-refractivity contribution >= 4 is 22.6 Å². The number of fused-ring (bicyclic) bond motifs is 1. The van der Waals surface area contributed by atoms with Crippen LogP contribution < -0.4 is 5.32 Å². The van der Waals surface area contributed by atoms with Gasteiger partial charge in [-0.05, 0) is 58.8 Å². The van der Waals surface area contributed by atoms with Crippen molar-refractivity contribution in [2.45, 2.75) is 13.0 Å². The first kappa shape index (κ1) is 11.2. The third kappa shape index (κ3) is 1.97. The second kappa shape index (κ2) is 4.38. The van der Waals surface area contributed by atoms with Gasteiger partial charge in [0, 0.05) is 22.7 Å². The molecule has 5 heteroatoms. The molecule has 0 saturated carbocycles. The Balaban J connectivity index is 2.14. The predicted octanol–water partition coefficient (Wildman–Crippen LogP) is 1.73. The topological polar surface area (TPSA) is 42.7 Å². The number of nitrogens with zero attached hydrogens (tertiary/aromatic N) is 3. The number of hydrogen-bond donors (Lipinski definition) is 1. The van der Waals surface area contributed by atoms with Crippen LogP contribution in [0.5, 0.6) is 0 Å². The minimum atomic E-state index is 0.984. The molecule has 0 spiro atoms. The molecule has 0 bridgehead atoms. The van der Waals surface area contributed by atoms with Crippen molar-refractivity contribution in [1.29, 1.82) is 0 Å². The van der Waals surface area contributed by atoms with Crippen LogP contribution in [0.4, 0.5) is 0 Å². The van der Waals surface area contributed by atoms with Crippen LogP contribution in [0.3, 0.4) is 0 Å². The van der Waals surface area contributed by atoms with Crippen LogP contribution in [-0.4, -0.2) is 21.5 Å². The van der Waals surface area contributed by atoms with Crippen molar-refractivity contribution in [3.8, 4) is 11.3 Å². The van der Waals surface area contributed by atoms with E-state index < -0.39 is 0 Å². The summed E-state index contributed by atoms with van der Waals surface area (Å²) in [6.07, 6.45) is 2.92. The van der Waals surface area contributed by atoms with Crippen molar-refractivity contribution in [2.24, 2.45) is 7.05 Å². The number of halogens is 1. The Morgan fingerprint density at radius 3 is 3.06 bits per heavy atom. The Bertz CT molecular complexity index is 562. The Labute approximate surface area is 114 Å². The van der Waals surface area contributed by atoms with Crippen LogP contribution in [0.15, 0.2) is 18.3 Å². The van der Waals surface area contributed by atoms with Gasteiger partial charge in [-0.2, -0.15) is 0 Å². The highest BCUT2D eigenvalue weighted by molar-refractivity contribution is 14.1. The first-order valence-corrected chi connectivity index (χ1v) is 6.70. The lowest BCUT2D eigenvalue weighted by atomic mass is 9.97. The summed E-state index contributed by atoms with van der Waals surface area (Å²) in [6.45, 7) is 2.05. The molecule has 1 aliphatic heterocycles. The van der Waals surface area contributed by atoms with Gasteiger partial charge in [0.05, 0.1) is 11.9 Å². The van der Waals surface area contributed by atoms with Gasteiger partial charge in [-0.3, -0.25) is 0 Å². The summed E-state index contributed by atoms with van der Waals surface area (Å²) in [5.74, 6) is 0. The molecular formula is C12H13IN4. The molecular weight excluding hydrogens is 327 g/mol. The van der Waals surface area contributed by atoms with E-state index in [2.05, 4.69) is 50.4 Å². The van der Waals surface area contributed by atoms with E-state index in [4.69, 9.17) is 0 Å². The Kier molecular flexibility index (Phi) is 2.87. The van der Waals surface area contributed by atoms with Gasteiger partial charge in [-0.15, -0.1) is 5.10 Å². The summed E-state index contributed by atoms with van der Waals surface area (Å²) in [6, 6.07) is 4.49. The molecule has 2 aromatic rings. The lowest BCUT2D eigenvalue weighted by molar-refractivity contribution is 0.641. The fourth-order valence-corrected chi connectivity index (χ4v) is 3.12. The predicted molar refractivity (Wildman–Crippen MR) is 74.6 cm³/mol. The van der Waals surface area contributed by atoms with E-state index in [1.807, 2.05) is 17.9 Å². The number of aryl methyl sites for hydroxylation is 1. The highest BCUT2D eigenvalue weighted by Crippen LogP contribution is 2.27. The smallest absolute Gasteiger partial charge is 0.0882 e. The molecule has 1 aromatic heterocycles. The molecule has 0 atom stereocenters. The van der Waals surface area contributed by atoms with Crippen LogP contribution in [0.25, 0.3) is 11.3 Å². The van der Waals surface area contributed by atoms with Crippen LogP contribution in [0, 0.1) is 3.57 Å². The van der Waals surface area contributed by atoms with Gasteiger partial charge in [0.25, 0.3) is 0 Å². The van der Waals surface area contributed by atoms with Gasteiger partial charge in [-0.25, -0.2) is 4.68 Å². The molecule has 1 aliphatic rings. The van der Waals surface area contributed by atoms with E-state index in [0.29, 0.717) is 0 Å². The highest BCUT2D eigenvalue weighted by atomic mass is 127. The fraction of sp³-hybridized carbons (Fsp3) is 0.333. The Hall–Kier alpha value is -0.950. The summed E-state index contributed by atoms with van der Waals surface area (Å²) in [7, 11) is 1.93. The number of hydrogen-bond acceptors (Lipinski definition) is 3. The van der Waals surface area contributed by atoms with Gasteiger partial charge in [0.2, 0.25) is 0 Å². The van der Waals surface area contributed by atoms with E-state index in [1.54, 1.807) is 0 Å². The molecule has 1 aromatic carbocycles. The summed E-state index contributed by atoms with van der Waals surface area (Å²) in [5.41, 5.74) is 5.18. The third-order valence-corrected chi connectivity index (χ3v) is 4.13. The summed E-state index contributed by atoms with van der Waals surface area (Å²) < 4.78 is 3.14. The van der Waals surface area contributed by atoms with Crippen molar-refractivity contribution in [3.63, 3.8) is 0 Å². The van der Waals surface area contributed by atoms with Crippen LogP contribution in [-0.2, 0) is 20.0 Å². The number of benzene rings is 1. The highest BCUT2D eigenvalue weighted by Gasteiger charge is 2.14. The van der Waals surface area contributed by atoms with Crippen molar-refractivity contribution in [1.82, 2.24) is 20.3 Å². The monoisotopic (exact) mass is 340 g/mol. The zero-order chi connectivity index (χ0) is 11.8. The lowest BCUT2D eigenvalue weighted by Gasteiger charge is -2.19. The van der Waals surface area contributed by atoms with E-state index in [9.17, 15) is 0 Å². The van der Waals surface area contributed by atoms with Crippen molar-refractivity contribution in [2.75, 3.05) is 6.54 Å². The third-order valence-electron chi connectivity index (χ3n) is 3.17.